The Morgan fingerprint density at radius 1 is 1.62 bits per heavy atom. The second kappa shape index (κ2) is 4.84. The Balaban J connectivity index is 2.66. The maximum absolute atomic E-state index is 10.9. The van der Waals surface area contributed by atoms with Gasteiger partial charge in [0.2, 0.25) is 5.88 Å². The molecular weight excluding hydrogens is 196 g/mol. The molecule has 0 amide bonds. The van der Waals surface area contributed by atoms with Gasteiger partial charge in [0.25, 0.3) is 5.56 Å². The molecule has 13 heavy (non-hydrogen) atoms. The molecule has 0 spiro atoms. The van der Waals surface area contributed by atoms with Crippen LogP contribution >= 0.6 is 11.6 Å². The molecule has 5 nitrogen and oxygen atoms in total. The van der Waals surface area contributed by atoms with Crippen LogP contribution in [0, 0.1) is 0 Å². The van der Waals surface area contributed by atoms with Crippen molar-refractivity contribution in [3.8, 4) is 5.88 Å². The van der Waals surface area contributed by atoms with Gasteiger partial charge in [0.15, 0.2) is 5.02 Å². The normalized spacial score (nSPS) is 10.0. The molecule has 0 atom stereocenters. The van der Waals surface area contributed by atoms with E-state index in [2.05, 4.69) is 9.97 Å². The molecule has 0 saturated heterocycles. The highest BCUT2D eigenvalue weighted by Crippen LogP contribution is 2.14. The van der Waals surface area contributed by atoms with Crippen molar-refractivity contribution in [2.24, 2.45) is 0 Å². The number of aromatic nitrogens is 2. The highest BCUT2D eigenvalue weighted by molar-refractivity contribution is 6.31. The Morgan fingerprint density at radius 2 is 2.38 bits per heavy atom. The lowest BCUT2D eigenvalue weighted by Gasteiger charge is -2.04. The van der Waals surface area contributed by atoms with E-state index < -0.39 is 5.56 Å². The fourth-order valence-corrected chi connectivity index (χ4v) is 0.847. The smallest absolute Gasteiger partial charge is 0.273 e. The van der Waals surface area contributed by atoms with Crippen LogP contribution in [-0.4, -0.2) is 30.3 Å². The van der Waals surface area contributed by atoms with E-state index in [1.54, 1.807) is 7.11 Å². The lowest BCUT2D eigenvalue weighted by Crippen LogP contribution is -2.12. The molecule has 0 bridgehead atoms. The second-order valence-electron chi connectivity index (χ2n) is 2.19. The van der Waals surface area contributed by atoms with E-state index in [9.17, 15) is 4.79 Å². The molecule has 1 rings (SSSR count). The van der Waals surface area contributed by atoms with Gasteiger partial charge in [-0.25, -0.2) is 4.98 Å². The number of aromatic amines is 1. The van der Waals surface area contributed by atoms with Gasteiger partial charge in [-0.1, -0.05) is 11.6 Å². The number of H-pyrrole nitrogens is 1. The Hall–Kier alpha value is -1.07. The minimum atomic E-state index is -0.413. The third-order valence-electron chi connectivity index (χ3n) is 1.29. The van der Waals surface area contributed by atoms with E-state index in [1.165, 1.54) is 6.33 Å². The van der Waals surface area contributed by atoms with Crippen LogP contribution in [0.2, 0.25) is 5.02 Å². The Morgan fingerprint density at radius 3 is 3.08 bits per heavy atom. The molecule has 0 fully saturated rings. The first kappa shape index (κ1) is 10.0. The van der Waals surface area contributed by atoms with Crippen molar-refractivity contribution in [3.63, 3.8) is 0 Å². The molecule has 0 aliphatic heterocycles. The molecule has 0 aliphatic rings. The highest BCUT2D eigenvalue weighted by Gasteiger charge is 2.05. The number of methoxy groups -OCH3 is 1. The zero-order chi connectivity index (χ0) is 9.68. The largest absolute Gasteiger partial charge is 0.474 e. The van der Waals surface area contributed by atoms with Crippen LogP contribution in [0.25, 0.3) is 0 Å². The zero-order valence-electron chi connectivity index (χ0n) is 7.04. The minimum absolute atomic E-state index is 0.0430. The van der Waals surface area contributed by atoms with Gasteiger partial charge in [-0.15, -0.1) is 0 Å². The zero-order valence-corrected chi connectivity index (χ0v) is 7.80. The predicted octanol–water partition coefficient (Wildman–Crippen LogP) is 0.449. The van der Waals surface area contributed by atoms with Crippen LogP contribution in [0.4, 0.5) is 0 Å². The van der Waals surface area contributed by atoms with E-state index in [4.69, 9.17) is 21.1 Å². The summed E-state index contributed by atoms with van der Waals surface area (Å²) in [6.07, 6.45) is 1.23. The average Bonchev–Trinajstić information content (AvgIpc) is 2.13. The van der Waals surface area contributed by atoms with E-state index in [0.29, 0.717) is 13.2 Å². The van der Waals surface area contributed by atoms with Crippen molar-refractivity contribution < 1.29 is 9.47 Å². The van der Waals surface area contributed by atoms with Crippen LogP contribution in [0.3, 0.4) is 0 Å². The molecule has 0 unspecified atom stereocenters. The summed E-state index contributed by atoms with van der Waals surface area (Å²) in [6, 6.07) is 0. The fraction of sp³-hybridized carbons (Fsp3) is 0.429. The monoisotopic (exact) mass is 204 g/mol. The Kier molecular flexibility index (Phi) is 3.72. The van der Waals surface area contributed by atoms with Crippen molar-refractivity contribution in [2.45, 2.75) is 0 Å². The molecule has 1 aromatic rings. The average molecular weight is 205 g/mol. The summed E-state index contributed by atoms with van der Waals surface area (Å²) in [6.45, 7) is 0.734. The first-order valence-electron chi connectivity index (χ1n) is 3.60. The Bertz CT molecular complexity index is 326. The van der Waals surface area contributed by atoms with Crippen LogP contribution in [0.5, 0.6) is 5.88 Å². The van der Waals surface area contributed by atoms with Crippen molar-refractivity contribution in [2.75, 3.05) is 20.3 Å². The number of hydrogen-bond acceptors (Lipinski definition) is 4. The third kappa shape index (κ3) is 2.71. The second-order valence-corrected chi connectivity index (χ2v) is 2.57. The van der Waals surface area contributed by atoms with E-state index in [-0.39, 0.29) is 10.9 Å². The van der Waals surface area contributed by atoms with E-state index in [0.717, 1.165) is 0 Å². The molecule has 0 aromatic carbocycles. The minimum Gasteiger partial charge on any atom is -0.474 e. The lowest BCUT2D eigenvalue weighted by atomic mass is 10.6. The maximum Gasteiger partial charge on any atom is 0.273 e. The van der Waals surface area contributed by atoms with Gasteiger partial charge >= 0.3 is 0 Å². The van der Waals surface area contributed by atoms with Crippen molar-refractivity contribution in [1.29, 1.82) is 0 Å². The molecule has 1 N–H and O–H groups in total. The maximum atomic E-state index is 10.9. The first-order chi connectivity index (χ1) is 6.25. The summed E-state index contributed by atoms with van der Waals surface area (Å²) in [4.78, 5) is 17.0. The highest BCUT2D eigenvalue weighted by atomic mass is 35.5. The van der Waals surface area contributed by atoms with Crippen LogP contribution in [0.1, 0.15) is 0 Å². The number of nitrogens with one attached hydrogen (secondary N) is 1. The van der Waals surface area contributed by atoms with Gasteiger partial charge in [-0.2, -0.15) is 0 Å². The van der Waals surface area contributed by atoms with Crippen molar-refractivity contribution in [1.82, 2.24) is 9.97 Å². The SMILES string of the molecule is COCCOc1nc[nH]c(=O)c1Cl. The molecule has 1 aromatic heterocycles. The molecule has 72 valence electrons. The quantitative estimate of drug-likeness (QED) is 0.724. The van der Waals surface area contributed by atoms with Gasteiger partial charge < -0.3 is 14.5 Å². The summed E-state index contributed by atoms with van der Waals surface area (Å²) in [5.41, 5.74) is -0.413. The third-order valence-corrected chi connectivity index (χ3v) is 1.62. The topological polar surface area (TPSA) is 64.2 Å². The number of rotatable bonds is 4. The van der Waals surface area contributed by atoms with E-state index >= 15 is 0 Å². The standard InChI is InChI=1S/C7H9ClN2O3/c1-12-2-3-13-7-5(8)6(11)9-4-10-7/h4H,2-3H2,1H3,(H,9,10,11). The molecule has 0 radical (unpaired) electrons. The first-order valence-corrected chi connectivity index (χ1v) is 3.98. The predicted molar refractivity (Wildman–Crippen MR) is 47.2 cm³/mol. The number of nitrogens with zero attached hydrogens (tertiary/aromatic N) is 1. The van der Waals surface area contributed by atoms with Gasteiger partial charge in [0.05, 0.1) is 12.9 Å². The van der Waals surface area contributed by atoms with Crippen LogP contribution in [0.15, 0.2) is 11.1 Å². The summed E-state index contributed by atoms with van der Waals surface area (Å²) in [7, 11) is 1.55. The van der Waals surface area contributed by atoms with Gasteiger partial charge in [0.1, 0.15) is 6.61 Å². The van der Waals surface area contributed by atoms with Crippen molar-refractivity contribution in [3.05, 3.63) is 21.7 Å². The molecule has 0 saturated carbocycles. The molecule has 1 heterocycles. The van der Waals surface area contributed by atoms with Crippen LogP contribution < -0.4 is 10.3 Å². The summed E-state index contributed by atoms with van der Waals surface area (Å²) >= 11 is 5.60. The number of ether oxygens (including phenoxy) is 2. The van der Waals surface area contributed by atoms with Gasteiger partial charge in [0, 0.05) is 7.11 Å². The van der Waals surface area contributed by atoms with Gasteiger partial charge in [-0.3, -0.25) is 4.79 Å². The lowest BCUT2D eigenvalue weighted by molar-refractivity contribution is 0.143. The fourth-order valence-electron chi connectivity index (χ4n) is 0.689. The Labute approximate surface area is 79.7 Å². The number of hydrogen-bond donors (Lipinski definition) is 1. The summed E-state index contributed by atoms with van der Waals surface area (Å²) in [5, 5.41) is -0.0430. The molecule has 6 heteroatoms. The summed E-state index contributed by atoms with van der Waals surface area (Å²) in [5.74, 6) is 0.127. The molecular formula is C7H9ClN2O3. The van der Waals surface area contributed by atoms with Gasteiger partial charge in [-0.05, 0) is 0 Å². The van der Waals surface area contributed by atoms with Crippen LogP contribution in [-0.2, 0) is 4.74 Å². The molecule has 0 aliphatic carbocycles. The summed E-state index contributed by atoms with van der Waals surface area (Å²) < 4.78 is 9.82. The van der Waals surface area contributed by atoms with E-state index in [1.807, 2.05) is 0 Å². The van der Waals surface area contributed by atoms with Crippen molar-refractivity contribution >= 4 is 11.6 Å². The number of halogens is 1.